The number of carbonyl (C=O) groups is 1. The molecule has 0 saturated heterocycles. The number of carbonyl (C=O) groups excluding carboxylic acids is 1. The van der Waals surface area contributed by atoms with Crippen LogP contribution in [0.2, 0.25) is 0 Å². The van der Waals surface area contributed by atoms with Crippen molar-refractivity contribution in [3.8, 4) is 10.6 Å². The highest BCUT2D eigenvalue weighted by atomic mass is 32.1. The van der Waals surface area contributed by atoms with Crippen LogP contribution in [0, 0.1) is 6.92 Å². The van der Waals surface area contributed by atoms with Crippen molar-refractivity contribution in [3.63, 3.8) is 0 Å². The summed E-state index contributed by atoms with van der Waals surface area (Å²) in [5.41, 5.74) is 2.95. The van der Waals surface area contributed by atoms with E-state index in [9.17, 15) is 4.79 Å². The zero-order valence-corrected chi connectivity index (χ0v) is 14.4. The van der Waals surface area contributed by atoms with Crippen LogP contribution in [0.25, 0.3) is 16.6 Å². The highest BCUT2D eigenvalue weighted by Gasteiger charge is 2.09. The van der Waals surface area contributed by atoms with Crippen molar-refractivity contribution in [2.45, 2.75) is 13.5 Å². The van der Waals surface area contributed by atoms with Crippen LogP contribution in [0.5, 0.6) is 0 Å². The molecule has 0 atom stereocenters. The molecule has 0 spiro atoms. The Bertz CT molecular complexity index is 864. The van der Waals surface area contributed by atoms with Gasteiger partial charge in [-0.05, 0) is 13.0 Å². The van der Waals surface area contributed by atoms with Crippen molar-refractivity contribution < 1.29 is 4.79 Å². The Kier molecular flexibility index (Phi) is 4.86. The van der Waals surface area contributed by atoms with Crippen molar-refractivity contribution in [1.29, 1.82) is 0 Å². The molecule has 24 heavy (non-hydrogen) atoms. The third-order valence-electron chi connectivity index (χ3n) is 3.49. The molecule has 122 valence electrons. The summed E-state index contributed by atoms with van der Waals surface area (Å²) >= 11 is 1.61. The molecule has 2 aromatic heterocycles. The molecule has 5 nitrogen and oxygen atoms in total. The van der Waals surface area contributed by atoms with Gasteiger partial charge in [-0.15, -0.1) is 11.3 Å². The zero-order chi connectivity index (χ0) is 16.9. The predicted molar refractivity (Wildman–Crippen MR) is 96.4 cm³/mol. The lowest BCUT2D eigenvalue weighted by Crippen LogP contribution is -2.20. The number of benzene rings is 1. The van der Waals surface area contributed by atoms with E-state index in [1.807, 2.05) is 50.5 Å². The number of nitrogens with zero attached hydrogens (tertiary/aromatic N) is 3. The molecule has 0 unspecified atom stereocenters. The van der Waals surface area contributed by atoms with Crippen molar-refractivity contribution in [2.75, 3.05) is 0 Å². The fourth-order valence-electron chi connectivity index (χ4n) is 2.22. The van der Waals surface area contributed by atoms with Gasteiger partial charge in [-0.3, -0.25) is 9.48 Å². The molecule has 0 aliphatic rings. The SMILES string of the molecule is Cc1nc(-c2ccccc2)sc1CNC(=O)/C=C/c1cnn(C)c1. The van der Waals surface area contributed by atoms with Gasteiger partial charge in [0.2, 0.25) is 5.91 Å². The summed E-state index contributed by atoms with van der Waals surface area (Å²) in [6.45, 7) is 2.45. The van der Waals surface area contributed by atoms with Gasteiger partial charge in [0.1, 0.15) is 5.01 Å². The molecule has 0 radical (unpaired) electrons. The van der Waals surface area contributed by atoms with E-state index in [-0.39, 0.29) is 5.91 Å². The lowest BCUT2D eigenvalue weighted by Gasteiger charge is -1.99. The average Bonchev–Trinajstić information content (AvgIpc) is 3.17. The van der Waals surface area contributed by atoms with Crippen LogP contribution >= 0.6 is 11.3 Å². The smallest absolute Gasteiger partial charge is 0.244 e. The monoisotopic (exact) mass is 338 g/mol. The van der Waals surface area contributed by atoms with Gasteiger partial charge < -0.3 is 5.32 Å². The summed E-state index contributed by atoms with van der Waals surface area (Å²) in [6, 6.07) is 10.1. The van der Waals surface area contributed by atoms with Crippen molar-refractivity contribution >= 4 is 23.3 Å². The molecule has 3 aromatic rings. The first-order valence-corrected chi connectivity index (χ1v) is 8.40. The maximum Gasteiger partial charge on any atom is 0.244 e. The summed E-state index contributed by atoms with van der Waals surface area (Å²) in [4.78, 5) is 17.6. The van der Waals surface area contributed by atoms with E-state index < -0.39 is 0 Å². The second-order valence-electron chi connectivity index (χ2n) is 5.39. The Balaban J connectivity index is 1.61. The number of thiazole rings is 1. The largest absolute Gasteiger partial charge is 0.348 e. The molecule has 1 amide bonds. The number of hydrogen-bond donors (Lipinski definition) is 1. The molecule has 1 N–H and O–H groups in total. The molecular weight excluding hydrogens is 320 g/mol. The van der Waals surface area contributed by atoms with Gasteiger partial charge in [0.15, 0.2) is 0 Å². The molecule has 0 bridgehead atoms. The number of nitrogens with one attached hydrogen (secondary N) is 1. The average molecular weight is 338 g/mol. The molecule has 0 fully saturated rings. The minimum Gasteiger partial charge on any atom is -0.348 e. The fraction of sp³-hybridized carbons (Fsp3) is 0.167. The van der Waals surface area contributed by atoms with E-state index in [1.165, 1.54) is 6.08 Å². The van der Waals surface area contributed by atoms with Gasteiger partial charge in [-0.25, -0.2) is 4.98 Å². The summed E-state index contributed by atoms with van der Waals surface area (Å²) in [6.07, 6.45) is 6.83. The number of rotatable bonds is 5. The number of aryl methyl sites for hydroxylation is 2. The second-order valence-corrected chi connectivity index (χ2v) is 6.48. The van der Waals surface area contributed by atoms with E-state index in [1.54, 1.807) is 28.3 Å². The highest BCUT2D eigenvalue weighted by molar-refractivity contribution is 7.15. The topological polar surface area (TPSA) is 59.8 Å². The Morgan fingerprint density at radius 2 is 2.12 bits per heavy atom. The van der Waals surface area contributed by atoms with Crippen molar-refractivity contribution in [3.05, 3.63) is 64.9 Å². The van der Waals surface area contributed by atoms with Crippen LogP contribution in [0.4, 0.5) is 0 Å². The molecule has 1 aromatic carbocycles. The van der Waals surface area contributed by atoms with Crippen LogP contribution in [0.1, 0.15) is 16.1 Å². The molecule has 0 saturated carbocycles. The Morgan fingerprint density at radius 3 is 2.83 bits per heavy atom. The van der Waals surface area contributed by atoms with E-state index in [2.05, 4.69) is 15.4 Å². The third kappa shape index (κ3) is 3.97. The van der Waals surface area contributed by atoms with E-state index in [0.717, 1.165) is 26.7 Å². The third-order valence-corrected chi connectivity index (χ3v) is 4.70. The first kappa shape index (κ1) is 16.1. The zero-order valence-electron chi connectivity index (χ0n) is 13.6. The maximum absolute atomic E-state index is 11.9. The maximum atomic E-state index is 11.9. The molecule has 2 heterocycles. The highest BCUT2D eigenvalue weighted by Crippen LogP contribution is 2.27. The van der Waals surface area contributed by atoms with Gasteiger partial charge in [-0.2, -0.15) is 5.10 Å². The molecule has 6 heteroatoms. The van der Waals surface area contributed by atoms with Gasteiger partial charge >= 0.3 is 0 Å². The minimum absolute atomic E-state index is 0.132. The van der Waals surface area contributed by atoms with Crippen LogP contribution < -0.4 is 5.32 Å². The lowest BCUT2D eigenvalue weighted by molar-refractivity contribution is -0.116. The van der Waals surface area contributed by atoms with Gasteiger partial charge in [0.05, 0.1) is 18.4 Å². The van der Waals surface area contributed by atoms with Crippen LogP contribution in [0.3, 0.4) is 0 Å². The number of amides is 1. The Labute approximate surface area is 144 Å². The Hall–Kier alpha value is -2.73. The second kappa shape index (κ2) is 7.23. The van der Waals surface area contributed by atoms with Crippen molar-refractivity contribution in [2.24, 2.45) is 7.05 Å². The first-order valence-electron chi connectivity index (χ1n) is 7.58. The first-order chi connectivity index (χ1) is 11.6. The van der Waals surface area contributed by atoms with Crippen LogP contribution in [0.15, 0.2) is 48.8 Å². The van der Waals surface area contributed by atoms with Crippen LogP contribution in [-0.4, -0.2) is 20.7 Å². The standard InChI is InChI=1S/C18H18N4OS/c1-13-16(24-18(21-13)15-6-4-3-5-7-15)11-19-17(23)9-8-14-10-20-22(2)12-14/h3-10,12H,11H2,1-2H3,(H,19,23)/b9-8+. The van der Waals surface area contributed by atoms with Gasteiger partial charge in [0, 0.05) is 35.3 Å². The van der Waals surface area contributed by atoms with E-state index in [4.69, 9.17) is 0 Å². The normalized spacial score (nSPS) is 11.1. The minimum atomic E-state index is -0.132. The lowest BCUT2D eigenvalue weighted by atomic mass is 10.2. The molecule has 3 rings (SSSR count). The van der Waals surface area contributed by atoms with E-state index in [0.29, 0.717) is 6.54 Å². The van der Waals surface area contributed by atoms with Gasteiger partial charge in [0.25, 0.3) is 0 Å². The molecule has 0 aliphatic carbocycles. The summed E-state index contributed by atoms with van der Waals surface area (Å²) in [5, 5.41) is 7.93. The summed E-state index contributed by atoms with van der Waals surface area (Å²) in [5.74, 6) is -0.132. The fourth-order valence-corrected chi connectivity index (χ4v) is 3.23. The van der Waals surface area contributed by atoms with Crippen molar-refractivity contribution in [1.82, 2.24) is 20.1 Å². The number of hydrogen-bond acceptors (Lipinski definition) is 4. The predicted octanol–water partition coefficient (Wildman–Crippen LogP) is 3.18. The quantitative estimate of drug-likeness (QED) is 0.727. The number of aromatic nitrogens is 3. The summed E-state index contributed by atoms with van der Waals surface area (Å²) < 4.78 is 1.70. The van der Waals surface area contributed by atoms with E-state index >= 15 is 0 Å². The van der Waals surface area contributed by atoms with Gasteiger partial charge in [-0.1, -0.05) is 30.3 Å². The molecular formula is C18H18N4OS. The Morgan fingerprint density at radius 1 is 1.33 bits per heavy atom. The molecule has 0 aliphatic heterocycles. The van der Waals surface area contributed by atoms with Crippen LogP contribution in [-0.2, 0) is 18.4 Å². The summed E-state index contributed by atoms with van der Waals surface area (Å²) in [7, 11) is 1.84.